The van der Waals surface area contributed by atoms with Crippen LogP contribution >= 0.6 is 0 Å². The number of anilines is 1. The van der Waals surface area contributed by atoms with Gasteiger partial charge < -0.3 is 19.1 Å². The van der Waals surface area contributed by atoms with Crippen LogP contribution in [0.1, 0.15) is 5.56 Å². The maximum Gasteiger partial charge on any atom is 0.229 e. The van der Waals surface area contributed by atoms with Crippen LogP contribution < -0.4 is 18.9 Å². The standard InChI is InChI=1S/C20H27FN2O5S/c1-23(10-9-15-5-8-19(26-2)20(13-15)27-3)11-12-28-16-6-7-18(17(21)14-16)22-29(4,24)25/h5-8,13-14,22H,9-12H2,1-4H3. The van der Waals surface area contributed by atoms with Gasteiger partial charge in [0, 0.05) is 19.2 Å². The molecule has 0 heterocycles. The maximum atomic E-state index is 14.0. The minimum atomic E-state index is -3.53. The van der Waals surface area contributed by atoms with Gasteiger partial charge in [0.15, 0.2) is 17.3 Å². The smallest absolute Gasteiger partial charge is 0.229 e. The van der Waals surface area contributed by atoms with Crippen LogP contribution in [0.5, 0.6) is 17.2 Å². The molecule has 9 heteroatoms. The van der Waals surface area contributed by atoms with E-state index in [1.54, 1.807) is 14.2 Å². The van der Waals surface area contributed by atoms with Crippen LogP contribution in [-0.2, 0) is 16.4 Å². The van der Waals surface area contributed by atoms with Crippen LogP contribution in [0, 0.1) is 5.82 Å². The molecule has 2 aromatic rings. The molecule has 0 radical (unpaired) electrons. The zero-order chi connectivity index (χ0) is 21.4. The normalized spacial score (nSPS) is 11.4. The summed E-state index contributed by atoms with van der Waals surface area (Å²) >= 11 is 0. The first-order valence-corrected chi connectivity index (χ1v) is 10.9. The molecule has 2 aromatic carbocycles. The largest absolute Gasteiger partial charge is 0.493 e. The van der Waals surface area contributed by atoms with Gasteiger partial charge in [0.1, 0.15) is 12.4 Å². The third-order valence-corrected chi connectivity index (χ3v) is 4.80. The highest BCUT2D eigenvalue weighted by molar-refractivity contribution is 7.92. The second kappa shape index (κ2) is 10.3. The highest BCUT2D eigenvalue weighted by Crippen LogP contribution is 2.27. The molecule has 2 rings (SSSR count). The van der Waals surface area contributed by atoms with Crippen molar-refractivity contribution in [2.75, 3.05) is 51.9 Å². The van der Waals surface area contributed by atoms with Gasteiger partial charge in [-0.25, -0.2) is 12.8 Å². The molecule has 0 amide bonds. The van der Waals surface area contributed by atoms with E-state index in [1.807, 2.05) is 25.2 Å². The average molecular weight is 427 g/mol. The van der Waals surface area contributed by atoms with Crippen molar-refractivity contribution in [2.24, 2.45) is 0 Å². The zero-order valence-corrected chi connectivity index (χ0v) is 17.9. The fraction of sp³-hybridized carbons (Fsp3) is 0.400. The van der Waals surface area contributed by atoms with Gasteiger partial charge in [-0.2, -0.15) is 0 Å². The first-order valence-electron chi connectivity index (χ1n) is 9.01. The number of hydrogen-bond acceptors (Lipinski definition) is 6. The fourth-order valence-corrected chi connectivity index (χ4v) is 3.22. The van der Waals surface area contributed by atoms with Gasteiger partial charge in [0.2, 0.25) is 10.0 Å². The number of hydrogen-bond donors (Lipinski definition) is 1. The first kappa shape index (κ1) is 22.8. The van der Waals surface area contributed by atoms with Crippen LogP contribution in [0.3, 0.4) is 0 Å². The number of nitrogens with zero attached hydrogens (tertiary/aromatic N) is 1. The lowest BCUT2D eigenvalue weighted by Crippen LogP contribution is -2.26. The van der Waals surface area contributed by atoms with E-state index in [4.69, 9.17) is 14.2 Å². The van der Waals surface area contributed by atoms with Crippen molar-refractivity contribution in [2.45, 2.75) is 6.42 Å². The molecular formula is C20H27FN2O5S. The molecule has 1 N–H and O–H groups in total. The molecule has 29 heavy (non-hydrogen) atoms. The van der Waals surface area contributed by atoms with Crippen molar-refractivity contribution in [3.8, 4) is 17.2 Å². The Morgan fingerprint density at radius 1 is 1.03 bits per heavy atom. The highest BCUT2D eigenvalue weighted by Gasteiger charge is 2.09. The monoisotopic (exact) mass is 426 g/mol. The zero-order valence-electron chi connectivity index (χ0n) is 17.1. The van der Waals surface area contributed by atoms with Crippen LogP contribution in [-0.4, -0.2) is 60.5 Å². The number of ether oxygens (including phenoxy) is 3. The lowest BCUT2D eigenvalue weighted by molar-refractivity contribution is 0.238. The number of halogens is 1. The number of benzene rings is 2. The molecule has 0 spiro atoms. The molecule has 0 saturated carbocycles. The lowest BCUT2D eigenvalue weighted by Gasteiger charge is -2.17. The Bertz CT molecular complexity index is 921. The SMILES string of the molecule is COc1ccc(CCN(C)CCOc2ccc(NS(C)(=O)=O)c(F)c2)cc1OC. The molecule has 0 saturated heterocycles. The van der Waals surface area contributed by atoms with E-state index < -0.39 is 15.8 Å². The van der Waals surface area contributed by atoms with E-state index in [0.29, 0.717) is 30.4 Å². The molecule has 0 bridgehead atoms. The Balaban J connectivity index is 1.80. The molecule has 0 aliphatic heterocycles. The Labute approximate surface area is 171 Å². The van der Waals surface area contributed by atoms with Crippen molar-refractivity contribution in [3.63, 3.8) is 0 Å². The highest BCUT2D eigenvalue weighted by atomic mass is 32.2. The van der Waals surface area contributed by atoms with Gasteiger partial charge >= 0.3 is 0 Å². The summed E-state index contributed by atoms with van der Waals surface area (Å²) in [5.41, 5.74) is 1.03. The molecule has 0 unspecified atom stereocenters. The van der Waals surface area contributed by atoms with Crippen molar-refractivity contribution in [1.82, 2.24) is 4.90 Å². The van der Waals surface area contributed by atoms with Gasteiger partial charge in [0.25, 0.3) is 0 Å². The Hall–Kier alpha value is -2.52. The maximum absolute atomic E-state index is 14.0. The molecule has 7 nitrogen and oxygen atoms in total. The third-order valence-electron chi connectivity index (χ3n) is 4.21. The van der Waals surface area contributed by atoms with Crippen molar-refractivity contribution < 1.29 is 27.0 Å². The molecule has 0 atom stereocenters. The van der Waals surface area contributed by atoms with E-state index in [1.165, 1.54) is 12.1 Å². The molecular weight excluding hydrogens is 399 g/mol. The summed E-state index contributed by atoms with van der Waals surface area (Å²) in [6.45, 7) is 1.84. The number of nitrogens with one attached hydrogen (secondary N) is 1. The Kier molecular flexibility index (Phi) is 8.10. The number of methoxy groups -OCH3 is 2. The van der Waals surface area contributed by atoms with E-state index in [9.17, 15) is 12.8 Å². The molecule has 0 aliphatic carbocycles. The summed E-state index contributed by atoms with van der Waals surface area (Å²) in [6.07, 6.45) is 1.80. The molecule has 0 aromatic heterocycles. The van der Waals surface area contributed by atoms with Gasteiger partial charge in [-0.15, -0.1) is 0 Å². The predicted octanol–water partition coefficient (Wildman–Crippen LogP) is 2.77. The quantitative estimate of drug-likeness (QED) is 0.595. The van der Waals surface area contributed by atoms with Crippen LogP contribution in [0.2, 0.25) is 0 Å². The number of rotatable bonds is 11. The van der Waals surface area contributed by atoms with Crippen LogP contribution in [0.25, 0.3) is 0 Å². The summed E-state index contributed by atoms with van der Waals surface area (Å²) in [5, 5.41) is 0. The first-order chi connectivity index (χ1) is 13.7. The lowest BCUT2D eigenvalue weighted by atomic mass is 10.1. The minimum absolute atomic E-state index is 0.105. The van der Waals surface area contributed by atoms with Crippen LogP contribution in [0.4, 0.5) is 10.1 Å². The fourth-order valence-electron chi connectivity index (χ4n) is 2.66. The molecule has 0 fully saturated rings. The number of sulfonamides is 1. The van der Waals surface area contributed by atoms with Gasteiger partial charge in [-0.05, 0) is 43.3 Å². The van der Waals surface area contributed by atoms with Gasteiger partial charge in [-0.1, -0.05) is 6.07 Å². The summed E-state index contributed by atoms with van der Waals surface area (Å²) in [4.78, 5) is 2.10. The average Bonchev–Trinajstić information content (AvgIpc) is 2.67. The van der Waals surface area contributed by atoms with Crippen molar-refractivity contribution in [1.29, 1.82) is 0 Å². The van der Waals surface area contributed by atoms with Crippen molar-refractivity contribution >= 4 is 15.7 Å². The minimum Gasteiger partial charge on any atom is -0.493 e. The van der Waals surface area contributed by atoms with Crippen LogP contribution in [0.15, 0.2) is 36.4 Å². The summed E-state index contributed by atoms with van der Waals surface area (Å²) in [6, 6.07) is 9.87. The third kappa shape index (κ3) is 7.43. The molecule has 160 valence electrons. The summed E-state index contributed by atoms with van der Waals surface area (Å²) in [5.74, 6) is 1.05. The Morgan fingerprint density at radius 3 is 2.38 bits per heavy atom. The second-order valence-corrected chi connectivity index (χ2v) is 8.36. The summed E-state index contributed by atoms with van der Waals surface area (Å²) < 4.78 is 54.6. The Morgan fingerprint density at radius 2 is 1.76 bits per heavy atom. The number of likely N-dealkylation sites (N-methyl/N-ethyl adjacent to an activating group) is 1. The topological polar surface area (TPSA) is 77.1 Å². The van der Waals surface area contributed by atoms with E-state index in [0.717, 1.165) is 30.9 Å². The van der Waals surface area contributed by atoms with Gasteiger partial charge in [0.05, 0.1) is 26.2 Å². The van der Waals surface area contributed by atoms with E-state index in [-0.39, 0.29) is 5.69 Å². The summed E-state index contributed by atoms with van der Waals surface area (Å²) in [7, 11) is 1.66. The van der Waals surface area contributed by atoms with E-state index >= 15 is 0 Å². The molecule has 0 aliphatic rings. The van der Waals surface area contributed by atoms with Crippen molar-refractivity contribution in [3.05, 3.63) is 47.8 Å². The second-order valence-electron chi connectivity index (χ2n) is 6.61. The van der Waals surface area contributed by atoms with E-state index in [2.05, 4.69) is 9.62 Å². The van der Waals surface area contributed by atoms with Gasteiger partial charge in [-0.3, -0.25) is 4.72 Å². The predicted molar refractivity (Wildman–Crippen MR) is 111 cm³/mol.